The highest BCUT2D eigenvalue weighted by Crippen LogP contribution is 2.18. The van der Waals surface area contributed by atoms with Crippen molar-refractivity contribution in [2.24, 2.45) is 0 Å². The summed E-state index contributed by atoms with van der Waals surface area (Å²) >= 11 is 6.18. The molecule has 0 bridgehead atoms. The number of amides is 2. The van der Waals surface area contributed by atoms with Gasteiger partial charge in [0.25, 0.3) is 0 Å². The summed E-state index contributed by atoms with van der Waals surface area (Å²) in [6.45, 7) is 6.11. The fraction of sp³-hybridized carbons (Fsp3) is 0.444. The van der Waals surface area contributed by atoms with E-state index in [0.29, 0.717) is 24.5 Å². The van der Waals surface area contributed by atoms with Crippen molar-refractivity contribution in [2.75, 3.05) is 6.54 Å². The Morgan fingerprint density at radius 1 is 1.33 bits per heavy atom. The largest absolute Gasteiger partial charge is 0.444 e. The van der Waals surface area contributed by atoms with Gasteiger partial charge in [0.1, 0.15) is 11.6 Å². The van der Waals surface area contributed by atoms with Crippen LogP contribution in [0.4, 0.5) is 4.79 Å². The lowest BCUT2D eigenvalue weighted by Gasteiger charge is -2.26. The molecule has 1 aliphatic rings. The summed E-state index contributed by atoms with van der Waals surface area (Å²) in [4.78, 5) is 26.4. The van der Waals surface area contributed by atoms with E-state index >= 15 is 0 Å². The molecule has 1 unspecified atom stereocenters. The van der Waals surface area contributed by atoms with Crippen LogP contribution < -0.4 is 5.32 Å². The van der Waals surface area contributed by atoms with E-state index in [4.69, 9.17) is 16.3 Å². The average molecular weight is 351 g/mol. The van der Waals surface area contributed by atoms with Crippen molar-refractivity contribution in [3.05, 3.63) is 47.0 Å². The Morgan fingerprint density at radius 2 is 2.00 bits per heavy atom. The Labute approximate surface area is 147 Å². The highest BCUT2D eigenvalue weighted by molar-refractivity contribution is 6.30. The lowest BCUT2D eigenvalue weighted by atomic mass is 10.1. The molecule has 1 aliphatic heterocycles. The van der Waals surface area contributed by atoms with E-state index in [1.165, 1.54) is 0 Å². The molecule has 0 radical (unpaired) electrons. The van der Waals surface area contributed by atoms with Crippen molar-refractivity contribution in [3.8, 4) is 0 Å². The Hall–Kier alpha value is -2.01. The van der Waals surface area contributed by atoms with Crippen LogP contribution in [0.3, 0.4) is 0 Å². The first-order valence-electron chi connectivity index (χ1n) is 7.91. The summed E-state index contributed by atoms with van der Waals surface area (Å²) in [6, 6.07) is 8.99. The van der Waals surface area contributed by atoms with Gasteiger partial charge in [-0.1, -0.05) is 48.0 Å². The van der Waals surface area contributed by atoms with Crippen LogP contribution in [0.5, 0.6) is 0 Å². The number of nitrogens with one attached hydrogen (secondary N) is 1. The van der Waals surface area contributed by atoms with Gasteiger partial charge in [0.15, 0.2) is 0 Å². The number of carbonyl (C=O) groups is 2. The maximum absolute atomic E-state index is 12.8. The predicted octanol–water partition coefficient (Wildman–Crippen LogP) is 3.43. The summed E-state index contributed by atoms with van der Waals surface area (Å²) in [5, 5.41) is 3.24. The fourth-order valence-corrected chi connectivity index (χ4v) is 2.63. The molecular weight excluding hydrogens is 328 g/mol. The van der Waals surface area contributed by atoms with Gasteiger partial charge >= 0.3 is 6.09 Å². The molecule has 24 heavy (non-hydrogen) atoms. The van der Waals surface area contributed by atoms with Crippen molar-refractivity contribution in [3.63, 3.8) is 0 Å². The predicted molar refractivity (Wildman–Crippen MR) is 93.6 cm³/mol. The first-order chi connectivity index (χ1) is 11.2. The lowest BCUT2D eigenvalue weighted by molar-refractivity contribution is -0.133. The summed E-state index contributed by atoms with van der Waals surface area (Å²) in [6.07, 6.45) is 1.52. The Kier molecular flexibility index (Phi) is 5.89. The van der Waals surface area contributed by atoms with E-state index in [2.05, 4.69) is 5.32 Å². The fourth-order valence-electron chi connectivity index (χ4n) is 2.40. The Bertz CT molecular complexity index is 623. The molecule has 130 valence electrons. The molecule has 1 heterocycles. The molecule has 1 atom stereocenters. The monoisotopic (exact) mass is 350 g/mol. The molecule has 5 nitrogen and oxygen atoms in total. The van der Waals surface area contributed by atoms with Crippen LogP contribution in [0.1, 0.15) is 32.8 Å². The number of benzene rings is 1. The van der Waals surface area contributed by atoms with Crippen molar-refractivity contribution in [1.29, 1.82) is 0 Å². The molecule has 1 aromatic rings. The van der Waals surface area contributed by atoms with Gasteiger partial charge in [-0.2, -0.15) is 0 Å². The van der Waals surface area contributed by atoms with Crippen LogP contribution >= 0.6 is 11.6 Å². The van der Waals surface area contributed by atoms with Crippen LogP contribution in [0, 0.1) is 0 Å². The third-order valence-corrected chi connectivity index (χ3v) is 3.71. The number of halogens is 1. The number of ether oxygens (including phenoxy) is 1. The van der Waals surface area contributed by atoms with Gasteiger partial charge in [0.2, 0.25) is 5.91 Å². The Balaban J connectivity index is 2.08. The van der Waals surface area contributed by atoms with Crippen molar-refractivity contribution >= 4 is 23.6 Å². The molecule has 1 N–H and O–H groups in total. The first-order valence-corrected chi connectivity index (χ1v) is 8.29. The maximum Gasteiger partial charge on any atom is 0.408 e. The van der Waals surface area contributed by atoms with Crippen LogP contribution in [0.15, 0.2) is 41.4 Å². The second kappa shape index (κ2) is 7.71. The van der Waals surface area contributed by atoms with E-state index in [9.17, 15) is 9.59 Å². The number of hydrogen-bond acceptors (Lipinski definition) is 3. The van der Waals surface area contributed by atoms with Crippen molar-refractivity contribution in [1.82, 2.24) is 10.2 Å². The van der Waals surface area contributed by atoms with E-state index < -0.39 is 17.7 Å². The normalized spacial score (nSPS) is 18.7. The van der Waals surface area contributed by atoms with Gasteiger partial charge < -0.3 is 15.0 Å². The zero-order chi connectivity index (χ0) is 17.7. The number of alkyl carbamates (subject to hydrolysis) is 1. The number of rotatable bonds is 3. The van der Waals surface area contributed by atoms with Crippen LogP contribution in [0.25, 0.3) is 0 Å². The molecule has 6 heteroatoms. The molecular formula is C18H23ClN2O3. The molecule has 1 aromatic carbocycles. The molecule has 0 saturated carbocycles. The number of nitrogens with zero attached hydrogens (tertiary/aromatic N) is 1. The van der Waals surface area contributed by atoms with Gasteiger partial charge in [-0.25, -0.2) is 4.79 Å². The minimum atomic E-state index is -0.681. The molecule has 0 fully saturated rings. The van der Waals surface area contributed by atoms with Crippen LogP contribution in [-0.2, 0) is 16.1 Å². The molecule has 0 saturated heterocycles. The average Bonchev–Trinajstić information content (AvgIpc) is 2.60. The van der Waals surface area contributed by atoms with Crippen LogP contribution in [0.2, 0.25) is 0 Å². The van der Waals surface area contributed by atoms with Gasteiger partial charge in [-0.05, 0) is 32.8 Å². The molecule has 0 aromatic heterocycles. The topological polar surface area (TPSA) is 58.6 Å². The number of carbonyl (C=O) groups excluding carboxylic acids is 2. The molecule has 2 amide bonds. The number of hydrogen-bond donors (Lipinski definition) is 1. The highest BCUT2D eigenvalue weighted by atomic mass is 35.5. The van der Waals surface area contributed by atoms with Gasteiger partial charge in [-0.15, -0.1) is 0 Å². The summed E-state index contributed by atoms with van der Waals surface area (Å²) in [5.41, 5.74) is 0.392. The lowest BCUT2D eigenvalue weighted by Crippen LogP contribution is -2.48. The third kappa shape index (κ3) is 5.57. The van der Waals surface area contributed by atoms with E-state index in [1.807, 2.05) is 30.3 Å². The minimum Gasteiger partial charge on any atom is -0.444 e. The van der Waals surface area contributed by atoms with E-state index in [-0.39, 0.29) is 5.91 Å². The van der Waals surface area contributed by atoms with Crippen molar-refractivity contribution < 1.29 is 14.3 Å². The minimum absolute atomic E-state index is 0.170. The van der Waals surface area contributed by atoms with E-state index in [1.54, 1.807) is 31.7 Å². The van der Waals surface area contributed by atoms with Crippen molar-refractivity contribution in [2.45, 2.75) is 45.4 Å². The standard InChI is InChI=1S/C18H23ClN2O3/c1-18(2,3)24-17(23)20-15-10-9-14(19)12-21(16(15)22)11-13-7-5-4-6-8-13/h4-9,15H,10-12H2,1-3H3,(H,20,23). The Morgan fingerprint density at radius 3 is 2.62 bits per heavy atom. The SMILES string of the molecule is CC(C)(C)OC(=O)NC1CC=C(Cl)CN(Cc2ccccc2)C1=O. The van der Waals surface area contributed by atoms with Gasteiger partial charge in [0, 0.05) is 11.6 Å². The maximum atomic E-state index is 12.8. The first kappa shape index (κ1) is 18.3. The van der Waals surface area contributed by atoms with Crippen LogP contribution in [-0.4, -0.2) is 35.1 Å². The molecule has 0 spiro atoms. The molecule has 0 aliphatic carbocycles. The van der Waals surface area contributed by atoms with E-state index in [0.717, 1.165) is 5.56 Å². The van der Waals surface area contributed by atoms with Gasteiger partial charge in [-0.3, -0.25) is 4.79 Å². The summed E-state index contributed by atoms with van der Waals surface area (Å²) in [5.74, 6) is -0.170. The quantitative estimate of drug-likeness (QED) is 0.908. The zero-order valence-electron chi connectivity index (χ0n) is 14.2. The third-order valence-electron chi connectivity index (χ3n) is 3.43. The second-order valence-corrected chi connectivity index (χ2v) is 7.25. The zero-order valence-corrected chi connectivity index (χ0v) is 15.0. The second-order valence-electron chi connectivity index (χ2n) is 6.77. The summed E-state index contributed by atoms with van der Waals surface area (Å²) < 4.78 is 5.24. The summed E-state index contributed by atoms with van der Waals surface area (Å²) in [7, 11) is 0. The molecule has 2 rings (SSSR count). The van der Waals surface area contributed by atoms with Gasteiger partial charge in [0.05, 0.1) is 6.54 Å². The highest BCUT2D eigenvalue weighted by Gasteiger charge is 2.29. The smallest absolute Gasteiger partial charge is 0.408 e.